The van der Waals surface area contributed by atoms with E-state index in [4.69, 9.17) is 10.5 Å². The van der Waals surface area contributed by atoms with Crippen LogP contribution in [0.25, 0.3) is 0 Å². The molecule has 1 aliphatic rings. The molecule has 2 aromatic carbocycles. The first-order valence-electron chi connectivity index (χ1n) is 7.95. The summed E-state index contributed by atoms with van der Waals surface area (Å²) in [5.74, 6) is -1.22. The molecule has 0 atom stereocenters. The Morgan fingerprint density at radius 3 is 1.96 bits per heavy atom. The molecule has 2 aromatic rings. The molecule has 124 valence electrons. The van der Waals surface area contributed by atoms with E-state index in [1.807, 2.05) is 36.4 Å². The van der Waals surface area contributed by atoms with Gasteiger partial charge in [-0.25, -0.2) is 0 Å². The lowest BCUT2D eigenvalue weighted by Crippen LogP contribution is -2.54. The van der Waals surface area contributed by atoms with E-state index in [1.54, 1.807) is 0 Å². The number of primary amides is 1. The SMILES string of the molecule is NC(=O)CC(=O)OC1CN(C(c2ccccc2)c2ccccc2)C1. The third-order valence-electron chi connectivity index (χ3n) is 4.09. The molecule has 0 spiro atoms. The molecule has 2 N–H and O–H groups in total. The van der Waals surface area contributed by atoms with Gasteiger partial charge in [0.1, 0.15) is 12.5 Å². The number of rotatable bonds is 6. The molecular formula is C19H20N2O3. The van der Waals surface area contributed by atoms with Crippen molar-refractivity contribution in [1.29, 1.82) is 0 Å². The Bertz CT molecular complexity index is 658. The number of ether oxygens (including phenoxy) is 1. The number of amides is 1. The summed E-state index contributed by atoms with van der Waals surface area (Å²) in [6.07, 6.45) is -0.552. The minimum atomic E-state index is -0.664. The lowest BCUT2D eigenvalue weighted by atomic mass is 9.94. The van der Waals surface area contributed by atoms with Crippen LogP contribution in [0.2, 0.25) is 0 Å². The van der Waals surface area contributed by atoms with Crippen molar-refractivity contribution in [2.75, 3.05) is 13.1 Å². The molecule has 1 aliphatic heterocycles. The van der Waals surface area contributed by atoms with Crippen molar-refractivity contribution in [3.8, 4) is 0 Å². The lowest BCUT2D eigenvalue weighted by Gasteiger charge is -2.43. The van der Waals surface area contributed by atoms with Crippen molar-refractivity contribution in [3.05, 3.63) is 71.8 Å². The lowest BCUT2D eigenvalue weighted by molar-refractivity contribution is -0.159. The summed E-state index contributed by atoms with van der Waals surface area (Å²) in [6.45, 7) is 1.28. The first-order valence-corrected chi connectivity index (χ1v) is 7.95. The fourth-order valence-corrected chi connectivity index (χ4v) is 3.01. The van der Waals surface area contributed by atoms with E-state index in [1.165, 1.54) is 11.1 Å². The molecule has 0 saturated carbocycles. The summed E-state index contributed by atoms with van der Waals surface area (Å²) in [6, 6.07) is 20.6. The number of carbonyl (C=O) groups is 2. The minimum Gasteiger partial charge on any atom is -0.459 e. The van der Waals surface area contributed by atoms with Crippen LogP contribution in [0, 0.1) is 0 Å². The summed E-state index contributed by atoms with van der Waals surface area (Å²) in [4.78, 5) is 24.5. The number of likely N-dealkylation sites (tertiary alicyclic amines) is 1. The zero-order valence-corrected chi connectivity index (χ0v) is 13.3. The average molecular weight is 324 g/mol. The van der Waals surface area contributed by atoms with Gasteiger partial charge in [-0.1, -0.05) is 60.7 Å². The minimum absolute atomic E-state index is 0.124. The monoisotopic (exact) mass is 324 g/mol. The number of benzene rings is 2. The quantitative estimate of drug-likeness (QED) is 0.650. The second kappa shape index (κ2) is 7.27. The van der Waals surface area contributed by atoms with Gasteiger partial charge >= 0.3 is 5.97 Å². The predicted octanol–water partition coefficient (Wildman–Crippen LogP) is 1.88. The zero-order chi connectivity index (χ0) is 16.9. The van der Waals surface area contributed by atoms with Crippen molar-refractivity contribution in [2.24, 2.45) is 5.73 Å². The number of carbonyl (C=O) groups excluding carboxylic acids is 2. The van der Waals surface area contributed by atoms with Gasteiger partial charge < -0.3 is 10.5 Å². The molecule has 0 radical (unpaired) electrons. The van der Waals surface area contributed by atoms with E-state index >= 15 is 0 Å². The van der Waals surface area contributed by atoms with Crippen molar-refractivity contribution in [3.63, 3.8) is 0 Å². The summed E-state index contributed by atoms with van der Waals surface area (Å²) >= 11 is 0. The van der Waals surface area contributed by atoms with E-state index in [-0.39, 0.29) is 18.6 Å². The Kier molecular flexibility index (Phi) is 4.91. The number of hydrogen-bond acceptors (Lipinski definition) is 4. The Hall–Kier alpha value is -2.66. The molecule has 5 heteroatoms. The number of nitrogens with two attached hydrogens (primary N) is 1. The van der Waals surface area contributed by atoms with Crippen LogP contribution in [-0.2, 0) is 14.3 Å². The maximum Gasteiger partial charge on any atom is 0.315 e. The fraction of sp³-hybridized carbons (Fsp3) is 0.263. The molecule has 0 aromatic heterocycles. The number of hydrogen-bond donors (Lipinski definition) is 1. The van der Waals surface area contributed by atoms with Gasteiger partial charge in [0.05, 0.1) is 6.04 Å². The van der Waals surface area contributed by atoms with Gasteiger partial charge in [0.25, 0.3) is 0 Å². The van der Waals surface area contributed by atoms with Crippen LogP contribution < -0.4 is 5.73 Å². The highest BCUT2D eigenvalue weighted by Gasteiger charge is 2.36. The second-order valence-electron chi connectivity index (χ2n) is 5.93. The van der Waals surface area contributed by atoms with Crippen LogP contribution >= 0.6 is 0 Å². The molecule has 1 saturated heterocycles. The van der Waals surface area contributed by atoms with Gasteiger partial charge in [0.15, 0.2) is 0 Å². The van der Waals surface area contributed by atoms with Crippen LogP contribution in [0.5, 0.6) is 0 Å². The Morgan fingerprint density at radius 1 is 1.00 bits per heavy atom. The van der Waals surface area contributed by atoms with Crippen molar-refractivity contribution >= 4 is 11.9 Å². The Labute approximate surface area is 141 Å². The molecule has 1 amide bonds. The number of nitrogens with zero attached hydrogens (tertiary/aromatic N) is 1. The normalized spacial score (nSPS) is 15.0. The van der Waals surface area contributed by atoms with Gasteiger partial charge in [0, 0.05) is 13.1 Å². The smallest absolute Gasteiger partial charge is 0.315 e. The Morgan fingerprint density at radius 2 is 1.50 bits per heavy atom. The van der Waals surface area contributed by atoms with E-state index in [2.05, 4.69) is 29.2 Å². The highest BCUT2D eigenvalue weighted by atomic mass is 16.5. The molecule has 1 heterocycles. The summed E-state index contributed by atoms with van der Waals surface area (Å²) in [5.41, 5.74) is 7.41. The van der Waals surface area contributed by atoms with Crippen LogP contribution in [-0.4, -0.2) is 36.0 Å². The van der Waals surface area contributed by atoms with E-state index in [0.717, 1.165) is 0 Å². The molecular weight excluding hydrogens is 304 g/mol. The van der Waals surface area contributed by atoms with Crippen molar-refractivity contribution < 1.29 is 14.3 Å². The maximum absolute atomic E-state index is 11.5. The largest absolute Gasteiger partial charge is 0.459 e. The predicted molar refractivity (Wildman–Crippen MR) is 90.0 cm³/mol. The van der Waals surface area contributed by atoms with Crippen LogP contribution in [0.15, 0.2) is 60.7 Å². The average Bonchev–Trinajstić information content (AvgIpc) is 2.54. The van der Waals surface area contributed by atoms with Crippen LogP contribution in [0.1, 0.15) is 23.6 Å². The molecule has 0 bridgehead atoms. The molecule has 0 aliphatic carbocycles. The number of esters is 1. The molecule has 3 rings (SSSR count). The fourth-order valence-electron chi connectivity index (χ4n) is 3.01. The summed E-state index contributed by atoms with van der Waals surface area (Å²) < 4.78 is 5.27. The van der Waals surface area contributed by atoms with E-state index < -0.39 is 11.9 Å². The first kappa shape index (κ1) is 16.2. The van der Waals surface area contributed by atoms with Gasteiger partial charge in [-0.3, -0.25) is 14.5 Å². The van der Waals surface area contributed by atoms with E-state index in [0.29, 0.717) is 13.1 Å². The third-order valence-corrected chi connectivity index (χ3v) is 4.09. The first-order chi connectivity index (χ1) is 11.6. The topological polar surface area (TPSA) is 72.6 Å². The van der Waals surface area contributed by atoms with Gasteiger partial charge in [-0.2, -0.15) is 0 Å². The van der Waals surface area contributed by atoms with Crippen LogP contribution in [0.3, 0.4) is 0 Å². The molecule has 0 unspecified atom stereocenters. The summed E-state index contributed by atoms with van der Waals surface area (Å²) in [5, 5.41) is 0. The van der Waals surface area contributed by atoms with Crippen molar-refractivity contribution in [1.82, 2.24) is 4.90 Å². The van der Waals surface area contributed by atoms with Crippen molar-refractivity contribution in [2.45, 2.75) is 18.6 Å². The highest BCUT2D eigenvalue weighted by Crippen LogP contribution is 2.32. The molecule has 1 fully saturated rings. The maximum atomic E-state index is 11.5. The molecule has 24 heavy (non-hydrogen) atoms. The second-order valence-corrected chi connectivity index (χ2v) is 5.93. The van der Waals surface area contributed by atoms with E-state index in [9.17, 15) is 9.59 Å². The van der Waals surface area contributed by atoms with Gasteiger partial charge in [-0.15, -0.1) is 0 Å². The zero-order valence-electron chi connectivity index (χ0n) is 13.3. The van der Waals surface area contributed by atoms with Gasteiger partial charge in [-0.05, 0) is 11.1 Å². The third kappa shape index (κ3) is 3.81. The summed E-state index contributed by atoms with van der Waals surface area (Å²) in [7, 11) is 0. The highest BCUT2D eigenvalue weighted by molar-refractivity contribution is 5.93. The Balaban J connectivity index is 1.69. The standard InChI is InChI=1S/C19H20N2O3/c20-17(22)11-18(23)24-16-12-21(13-16)19(14-7-3-1-4-8-14)15-9-5-2-6-10-15/h1-10,16,19H,11-13H2,(H2,20,22). The van der Waals surface area contributed by atoms with Crippen LogP contribution in [0.4, 0.5) is 0 Å². The van der Waals surface area contributed by atoms with Gasteiger partial charge in [0.2, 0.25) is 5.91 Å². The molecule has 5 nitrogen and oxygen atoms in total.